The van der Waals surface area contributed by atoms with Crippen LogP contribution in [0.1, 0.15) is 29.5 Å². The van der Waals surface area contributed by atoms with Crippen molar-refractivity contribution in [1.82, 2.24) is 9.80 Å². The fourth-order valence-electron chi connectivity index (χ4n) is 4.48. The number of likely N-dealkylation sites (N-methyl/N-ethyl adjacent to an activating group) is 1. The Balaban J connectivity index is 1.81. The zero-order chi connectivity index (χ0) is 22.3. The molecule has 1 fully saturated rings. The summed E-state index contributed by atoms with van der Waals surface area (Å²) >= 11 is 6.09. The molecule has 2 aromatic rings. The minimum atomic E-state index is -0.282. The Bertz CT molecular complexity index is 1050. The van der Waals surface area contributed by atoms with E-state index in [1.807, 2.05) is 56.1 Å². The van der Waals surface area contributed by atoms with Crippen molar-refractivity contribution < 1.29 is 9.59 Å². The van der Waals surface area contributed by atoms with E-state index in [1.54, 1.807) is 12.1 Å². The Labute approximate surface area is 188 Å². The minimum Gasteiger partial charge on any atom is -0.366 e. The number of nitrogens with zero attached hydrogens (tertiary/aromatic N) is 3. The zero-order valence-electron chi connectivity index (χ0n) is 18.5. The van der Waals surface area contributed by atoms with E-state index >= 15 is 0 Å². The molecule has 0 bridgehead atoms. The highest BCUT2D eigenvalue weighted by atomic mass is 35.5. The molecule has 2 amide bonds. The van der Waals surface area contributed by atoms with Gasteiger partial charge in [-0.05, 0) is 81.7 Å². The maximum absolute atomic E-state index is 13.7. The van der Waals surface area contributed by atoms with Crippen LogP contribution in [-0.2, 0) is 9.59 Å². The second-order valence-electron chi connectivity index (χ2n) is 8.54. The maximum atomic E-state index is 13.7. The van der Waals surface area contributed by atoms with Gasteiger partial charge in [0.25, 0.3) is 11.8 Å². The molecule has 2 aliphatic rings. The first-order valence-corrected chi connectivity index (χ1v) is 11.0. The van der Waals surface area contributed by atoms with Crippen molar-refractivity contribution in [2.24, 2.45) is 0 Å². The SMILES string of the molecule is Cc1cccc(N2C(=O)C(c3ccc(Cl)cc3)=C(N(C)C3CCN(C)CC3)C2=O)c1C. The largest absolute Gasteiger partial charge is 0.366 e. The van der Waals surface area contributed by atoms with Crippen LogP contribution in [-0.4, -0.2) is 54.8 Å². The van der Waals surface area contributed by atoms with Crippen LogP contribution in [0.2, 0.25) is 5.02 Å². The molecule has 0 aromatic heterocycles. The highest BCUT2D eigenvalue weighted by Gasteiger charge is 2.43. The van der Waals surface area contributed by atoms with Gasteiger partial charge < -0.3 is 9.80 Å². The molecule has 5 nitrogen and oxygen atoms in total. The van der Waals surface area contributed by atoms with Crippen molar-refractivity contribution in [3.8, 4) is 0 Å². The number of amides is 2. The number of halogens is 1. The number of aryl methyl sites for hydroxylation is 1. The lowest BCUT2D eigenvalue weighted by molar-refractivity contribution is -0.120. The molecular weight excluding hydrogens is 410 g/mol. The topological polar surface area (TPSA) is 43.9 Å². The van der Waals surface area contributed by atoms with Gasteiger partial charge >= 0.3 is 0 Å². The molecule has 1 saturated heterocycles. The molecule has 0 saturated carbocycles. The quantitative estimate of drug-likeness (QED) is 0.670. The van der Waals surface area contributed by atoms with Crippen LogP contribution < -0.4 is 4.90 Å². The van der Waals surface area contributed by atoms with Gasteiger partial charge in [0.2, 0.25) is 0 Å². The molecule has 31 heavy (non-hydrogen) atoms. The number of rotatable bonds is 4. The van der Waals surface area contributed by atoms with Gasteiger partial charge in [0.05, 0.1) is 11.3 Å². The standard InChI is InChI=1S/C25H28ClN3O2/c1-16-6-5-7-21(17(16)2)29-24(30)22(18-8-10-19(26)11-9-18)23(25(29)31)28(4)20-12-14-27(3)15-13-20/h5-11,20H,12-15H2,1-4H3. The second kappa shape index (κ2) is 8.48. The molecule has 6 heteroatoms. The van der Waals surface area contributed by atoms with E-state index < -0.39 is 0 Å². The molecule has 0 aliphatic carbocycles. The lowest BCUT2D eigenvalue weighted by Crippen LogP contribution is -2.43. The van der Waals surface area contributed by atoms with E-state index in [-0.39, 0.29) is 17.9 Å². The number of carbonyl (C=O) groups is 2. The Kier molecular flexibility index (Phi) is 5.91. The molecule has 0 atom stereocenters. The first kappa shape index (κ1) is 21.6. The Morgan fingerprint density at radius 3 is 2.26 bits per heavy atom. The molecule has 4 rings (SSSR count). The van der Waals surface area contributed by atoms with Crippen molar-refractivity contribution in [1.29, 1.82) is 0 Å². The van der Waals surface area contributed by atoms with Crippen LogP contribution >= 0.6 is 11.6 Å². The van der Waals surface area contributed by atoms with Crippen molar-refractivity contribution in [3.05, 3.63) is 69.9 Å². The Hall–Kier alpha value is -2.63. The minimum absolute atomic E-state index is 0.212. The smallest absolute Gasteiger partial charge is 0.282 e. The van der Waals surface area contributed by atoms with E-state index in [2.05, 4.69) is 11.9 Å². The van der Waals surface area contributed by atoms with Gasteiger partial charge in [0.15, 0.2) is 0 Å². The molecule has 2 heterocycles. The third kappa shape index (κ3) is 3.88. The van der Waals surface area contributed by atoms with Gasteiger partial charge in [-0.1, -0.05) is 35.9 Å². The average Bonchev–Trinajstić information content (AvgIpc) is 3.01. The number of hydrogen-bond donors (Lipinski definition) is 0. The molecule has 2 aromatic carbocycles. The second-order valence-corrected chi connectivity index (χ2v) is 8.98. The van der Waals surface area contributed by atoms with E-state index in [4.69, 9.17) is 11.6 Å². The van der Waals surface area contributed by atoms with Crippen LogP contribution in [0.3, 0.4) is 0 Å². The summed E-state index contributed by atoms with van der Waals surface area (Å²) in [6.07, 6.45) is 1.91. The number of hydrogen-bond acceptors (Lipinski definition) is 4. The van der Waals surface area contributed by atoms with Gasteiger partial charge in [-0.2, -0.15) is 0 Å². The van der Waals surface area contributed by atoms with E-state index in [0.29, 0.717) is 27.5 Å². The number of imide groups is 1. The Morgan fingerprint density at radius 2 is 1.61 bits per heavy atom. The van der Waals surface area contributed by atoms with Crippen molar-refractivity contribution in [2.75, 3.05) is 32.1 Å². The van der Waals surface area contributed by atoms with Crippen LogP contribution in [0, 0.1) is 13.8 Å². The van der Waals surface area contributed by atoms with Crippen LogP contribution in [0.5, 0.6) is 0 Å². The average molecular weight is 438 g/mol. The maximum Gasteiger partial charge on any atom is 0.282 e. The highest BCUT2D eigenvalue weighted by molar-refractivity contribution is 6.45. The van der Waals surface area contributed by atoms with Crippen molar-refractivity contribution >= 4 is 34.7 Å². The van der Waals surface area contributed by atoms with Gasteiger partial charge in [0.1, 0.15) is 5.70 Å². The number of carbonyl (C=O) groups excluding carboxylic acids is 2. The summed E-state index contributed by atoms with van der Waals surface area (Å²) < 4.78 is 0. The first-order chi connectivity index (χ1) is 14.8. The summed E-state index contributed by atoms with van der Waals surface area (Å²) in [5.41, 5.74) is 4.26. The first-order valence-electron chi connectivity index (χ1n) is 10.7. The van der Waals surface area contributed by atoms with Crippen LogP contribution in [0.4, 0.5) is 5.69 Å². The molecular formula is C25H28ClN3O2. The summed E-state index contributed by atoms with van der Waals surface area (Å²) in [6, 6.07) is 13.1. The normalized spacial score (nSPS) is 18.3. The van der Waals surface area contributed by atoms with Crippen LogP contribution in [0.25, 0.3) is 5.57 Å². The lowest BCUT2D eigenvalue weighted by Gasteiger charge is -2.36. The van der Waals surface area contributed by atoms with Crippen molar-refractivity contribution in [2.45, 2.75) is 32.7 Å². The molecule has 0 unspecified atom stereocenters. The van der Waals surface area contributed by atoms with E-state index in [1.165, 1.54) is 4.90 Å². The van der Waals surface area contributed by atoms with Crippen LogP contribution in [0.15, 0.2) is 48.2 Å². The predicted molar refractivity (Wildman–Crippen MR) is 125 cm³/mol. The summed E-state index contributed by atoms with van der Waals surface area (Å²) in [7, 11) is 4.06. The van der Waals surface area contributed by atoms with E-state index in [9.17, 15) is 9.59 Å². The molecule has 162 valence electrons. The third-order valence-corrected chi connectivity index (χ3v) is 6.85. The summed E-state index contributed by atoms with van der Waals surface area (Å²) in [6.45, 7) is 5.89. The lowest BCUT2D eigenvalue weighted by atomic mass is 10.00. The summed E-state index contributed by atoms with van der Waals surface area (Å²) in [4.78, 5) is 33.1. The zero-order valence-corrected chi connectivity index (χ0v) is 19.2. The van der Waals surface area contributed by atoms with E-state index in [0.717, 1.165) is 37.1 Å². The molecule has 0 N–H and O–H groups in total. The molecule has 2 aliphatic heterocycles. The third-order valence-electron chi connectivity index (χ3n) is 6.60. The van der Waals surface area contributed by atoms with Gasteiger partial charge in [-0.3, -0.25) is 9.59 Å². The number of benzene rings is 2. The van der Waals surface area contributed by atoms with Crippen molar-refractivity contribution in [3.63, 3.8) is 0 Å². The predicted octanol–water partition coefficient (Wildman–Crippen LogP) is 4.27. The number of likely N-dealkylation sites (tertiary alicyclic amines) is 1. The summed E-state index contributed by atoms with van der Waals surface area (Å²) in [5.74, 6) is -0.541. The fourth-order valence-corrected chi connectivity index (χ4v) is 4.61. The monoisotopic (exact) mass is 437 g/mol. The van der Waals surface area contributed by atoms with Gasteiger partial charge in [0, 0.05) is 18.1 Å². The molecule has 0 spiro atoms. The number of piperidine rings is 1. The molecule has 0 radical (unpaired) electrons. The van der Waals surface area contributed by atoms with Gasteiger partial charge in [-0.15, -0.1) is 0 Å². The number of anilines is 1. The summed E-state index contributed by atoms with van der Waals surface area (Å²) in [5, 5.41) is 0.595. The van der Waals surface area contributed by atoms with Gasteiger partial charge in [-0.25, -0.2) is 4.90 Å². The highest BCUT2D eigenvalue weighted by Crippen LogP contribution is 2.37. The fraction of sp³-hybridized carbons (Fsp3) is 0.360. The Morgan fingerprint density at radius 1 is 0.968 bits per heavy atom.